The smallest absolute Gasteiger partial charge is 0.336 e. The van der Waals surface area contributed by atoms with E-state index in [4.69, 9.17) is 0 Å². The van der Waals surface area contributed by atoms with Crippen LogP contribution in [0.4, 0.5) is 0 Å². The minimum absolute atomic E-state index is 0.0844. The van der Waals surface area contributed by atoms with Crippen LogP contribution in [-0.2, 0) is 4.79 Å². The first-order chi connectivity index (χ1) is 12.4. The molecule has 26 heavy (non-hydrogen) atoms. The third-order valence-electron chi connectivity index (χ3n) is 4.36. The molecule has 3 N–H and O–H groups in total. The molecule has 0 saturated heterocycles. The van der Waals surface area contributed by atoms with Gasteiger partial charge in [-0.2, -0.15) is 0 Å². The number of benzene rings is 2. The summed E-state index contributed by atoms with van der Waals surface area (Å²) in [5, 5.41) is 28.3. The first-order valence-electron chi connectivity index (χ1n) is 8.35. The summed E-state index contributed by atoms with van der Waals surface area (Å²) < 4.78 is 0. The number of aliphatic hydroxyl groups excluding tert-OH is 1. The number of hydrogen-bond donors (Lipinski definition) is 3. The van der Waals surface area contributed by atoms with E-state index >= 15 is 0 Å². The Morgan fingerprint density at radius 3 is 2.15 bits per heavy atom. The van der Waals surface area contributed by atoms with Gasteiger partial charge in [0.2, 0.25) is 0 Å². The Kier molecular flexibility index (Phi) is 6.83. The fourth-order valence-electron chi connectivity index (χ4n) is 2.75. The molecule has 138 valence electrons. The average molecular weight is 374 g/mol. The van der Waals surface area contributed by atoms with E-state index in [2.05, 4.69) is 0 Å². The number of thioether (sulfide) groups is 1. The van der Waals surface area contributed by atoms with Crippen LogP contribution in [0, 0.1) is 0 Å². The molecular weight excluding hydrogens is 352 g/mol. The van der Waals surface area contributed by atoms with Crippen molar-refractivity contribution in [3.8, 4) is 0 Å². The number of carbonyl (C=O) groups is 2. The summed E-state index contributed by atoms with van der Waals surface area (Å²) in [7, 11) is 0. The van der Waals surface area contributed by atoms with E-state index in [0.29, 0.717) is 10.5 Å². The van der Waals surface area contributed by atoms with Gasteiger partial charge in [0, 0.05) is 4.90 Å². The van der Waals surface area contributed by atoms with E-state index in [0.717, 1.165) is 23.7 Å². The van der Waals surface area contributed by atoms with Gasteiger partial charge in [-0.25, -0.2) is 9.59 Å². The molecule has 0 radical (unpaired) electrons. The number of aliphatic hydroxyl groups is 1. The molecule has 2 rings (SSSR count). The van der Waals surface area contributed by atoms with Gasteiger partial charge in [-0.15, -0.1) is 11.8 Å². The van der Waals surface area contributed by atoms with Gasteiger partial charge >= 0.3 is 11.9 Å². The lowest BCUT2D eigenvalue weighted by atomic mass is 9.91. The van der Waals surface area contributed by atoms with E-state index in [1.807, 2.05) is 26.0 Å². The summed E-state index contributed by atoms with van der Waals surface area (Å²) in [6.45, 7) is 4.08. The third kappa shape index (κ3) is 4.45. The summed E-state index contributed by atoms with van der Waals surface area (Å²) in [5.74, 6) is -2.24. The van der Waals surface area contributed by atoms with Crippen LogP contribution in [0.15, 0.2) is 53.4 Å². The van der Waals surface area contributed by atoms with Crippen molar-refractivity contribution >= 4 is 23.7 Å². The number of hydrogen-bond acceptors (Lipinski definition) is 4. The molecule has 0 aliphatic heterocycles. The van der Waals surface area contributed by atoms with Crippen LogP contribution in [0.2, 0.25) is 0 Å². The Balaban J connectivity index is 2.54. The highest BCUT2D eigenvalue weighted by Gasteiger charge is 2.31. The summed E-state index contributed by atoms with van der Waals surface area (Å²) in [4.78, 5) is 23.4. The zero-order valence-electron chi connectivity index (χ0n) is 14.6. The second kappa shape index (κ2) is 8.87. The Hall–Kier alpha value is -2.31. The monoisotopic (exact) mass is 374 g/mol. The molecule has 0 aromatic heterocycles. The molecule has 3 atom stereocenters. The van der Waals surface area contributed by atoms with Gasteiger partial charge in [0.1, 0.15) is 0 Å². The van der Waals surface area contributed by atoms with Crippen LogP contribution < -0.4 is 0 Å². The number of carboxylic acids is 2. The molecule has 0 aliphatic rings. The predicted molar refractivity (Wildman–Crippen MR) is 101 cm³/mol. The van der Waals surface area contributed by atoms with Crippen molar-refractivity contribution in [3.05, 3.63) is 65.2 Å². The van der Waals surface area contributed by atoms with Crippen LogP contribution >= 0.6 is 11.8 Å². The lowest BCUT2D eigenvalue weighted by Crippen LogP contribution is -2.27. The highest BCUT2D eigenvalue weighted by Crippen LogP contribution is 2.42. The molecule has 0 fully saturated rings. The fourth-order valence-corrected chi connectivity index (χ4v) is 4.05. The van der Waals surface area contributed by atoms with Crippen molar-refractivity contribution in [2.45, 2.75) is 42.4 Å². The van der Waals surface area contributed by atoms with Crippen LogP contribution in [0.5, 0.6) is 0 Å². The SMILES string of the molecule is CCC(C)c1ccccc1C(Sc1ccccc1C(=O)O)C(O)C(=O)O. The Morgan fingerprint density at radius 1 is 1.00 bits per heavy atom. The van der Waals surface area contributed by atoms with Crippen LogP contribution in [0.1, 0.15) is 52.9 Å². The highest BCUT2D eigenvalue weighted by molar-refractivity contribution is 7.99. The van der Waals surface area contributed by atoms with Crippen molar-refractivity contribution < 1.29 is 24.9 Å². The molecule has 2 aromatic carbocycles. The highest BCUT2D eigenvalue weighted by atomic mass is 32.2. The van der Waals surface area contributed by atoms with Gasteiger partial charge < -0.3 is 15.3 Å². The minimum atomic E-state index is -1.66. The molecule has 2 aromatic rings. The third-order valence-corrected chi connectivity index (χ3v) is 5.73. The quantitative estimate of drug-likeness (QED) is 0.600. The van der Waals surface area contributed by atoms with Crippen molar-refractivity contribution in [1.29, 1.82) is 0 Å². The van der Waals surface area contributed by atoms with Crippen LogP contribution in [0.3, 0.4) is 0 Å². The Morgan fingerprint density at radius 2 is 1.58 bits per heavy atom. The first-order valence-corrected chi connectivity index (χ1v) is 9.23. The van der Waals surface area contributed by atoms with Gasteiger partial charge in [-0.1, -0.05) is 50.2 Å². The first kappa shape index (κ1) is 20.0. The largest absolute Gasteiger partial charge is 0.479 e. The average Bonchev–Trinajstić information content (AvgIpc) is 2.65. The summed E-state index contributed by atoms with van der Waals surface area (Å²) in [5.41, 5.74) is 1.75. The van der Waals surface area contributed by atoms with Crippen molar-refractivity contribution in [2.75, 3.05) is 0 Å². The van der Waals surface area contributed by atoms with E-state index in [-0.39, 0.29) is 11.5 Å². The van der Waals surface area contributed by atoms with Gasteiger partial charge in [-0.3, -0.25) is 0 Å². The maximum atomic E-state index is 11.5. The maximum absolute atomic E-state index is 11.5. The topological polar surface area (TPSA) is 94.8 Å². The Bertz CT molecular complexity index is 789. The predicted octanol–water partition coefficient (Wildman–Crippen LogP) is 4.18. The molecule has 5 nitrogen and oxygen atoms in total. The standard InChI is InChI=1S/C20H22O5S/c1-3-12(2)13-8-4-5-9-14(13)18(17(21)20(24)25)26-16-11-7-6-10-15(16)19(22)23/h4-12,17-18,21H,3H2,1-2H3,(H,22,23)(H,24,25). The zero-order valence-corrected chi connectivity index (χ0v) is 15.4. The lowest BCUT2D eigenvalue weighted by Gasteiger charge is -2.25. The molecule has 0 aliphatic carbocycles. The fraction of sp³-hybridized carbons (Fsp3) is 0.300. The normalized spacial score (nSPS) is 14.4. The number of rotatable bonds is 8. The maximum Gasteiger partial charge on any atom is 0.336 e. The number of aliphatic carboxylic acids is 1. The van der Waals surface area contributed by atoms with E-state index in [1.165, 1.54) is 6.07 Å². The summed E-state index contributed by atoms with van der Waals surface area (Å²) in [6, 6.07) is 13.8. The molecule has 3 unspecified atom stereocenters. The van der Waals surface area contributed by atoms with Crippen molar-refractivity contribution in [1.82, 2.24) is 0 Å². The van der Waals surface area contributed by atoms with Crippen molar-refractivity contribution in [2.24, 2.45) is 0 Å². The second-order valence-electron chi connectivity index (χ2n) is 6.06. The second-order valence-corrected chi connectivity index (χ2v) is 7.24. The summed E-state index contributed by atoms with van der Waals surface area (Å²) >= 11 is 1.06. The molecular formula is C20H22O5S. The molecule has 0 amide bonds. The van der Waals surface area contributed by atoms with Crippen molar-refractivity contribution in [3.63, 3.8) is 0 Å². The van der Waals surface area contributed by atoms with E-state index in [9.17, 15) is 24.9 Å². The van der Waals surface area contributed by atoms with Gasteiger partial charge in [0.25, 0.3) is 0 Å². The van der Waals surface area contributed by atoms with Crippen LogP contribution in [-0.4, -0.2) is 33.4 Å². The molecule has 0 saturated carbocycles. The molecule has 0 bridgehead atoms. The molecule has 0 spiro atoms. The van der Waals surface area contributed by atoms with Crippen LogP contribution in [0.25, 0.3) is 0 Å². The van der Waals surface area contributed by atoms with Gasteiger partial charge in [0.15, 0.2) is 6.10 Å². The summed E-state index contributed by atoms with van der Waals surface area (Å²) in [6.07, 6.45) is -0.796. The Labute approximate surface area is 156 Å². The minimum Gasteiger partial charge on any atom is -0.479 e. The number of aromatic carboxylic acids is 1. The number of carboxylic acid groups (broad SMARTS) is 2. The van der Waals surface area contributed by atoms with E-state index in [1.54, 1.807) is 30.3 Å². The van der Waals surface area contributed by atoms with Gasteiger partial charge in [-0.05, 0) is 35.6 Å². The zero-order chi connectivity index (χ0) is 19.3. The molecule has 6 heteroatoms. The molecule has 0 heterocycles. The van der Waals surface area contributed by atoms with Gasteiger partial charge in [0.05, 0.1) is 10.8 Å². The van der Waals surface area contributed by atoms with E-state index < -0.39 is 23.3 Å². The lowest BCUT2D eigenvalue weighted by molar-refractivity contribution is -0.146.